The van der Waals surface area contributed by atoms with E-state index in [9.17, 15) is 0 Å². The summed E-state index contributed by atoms with van der Waals surface area (Å²) in [6, 6.07) is 83.6. The molecule has 0 aliphatic rings. The van der Waals surface area contributed by atoms with Gasteiger partial charge in [0.1, 0.15) is 0 Å². The number of fused-ring (bicyclic) bond motifs is 6. The van der Waals surface area contributed by atoms with Gasteiger partial charge in [-0.2, -0.15) is 0 Å². The number of nitrogens with zero attached hydrogens (tertiary/aromatic N) is 2. The Balaban J connectivity index is 1.15. The van der Waals surface area contributed by atoms with Gasteiger partial charge in [-0.05, 0) is 110 Å². The highest BCUT2D eigenvalue weighted by molar-refractivity contribution is 6.22. The monoisotopic (exact) mass is 738 g/mol. The Labute approximate surface area is 338 Å². The van der Waals surface area contributed by atoms with Crippen LogP contribution in [-0.2, 0) is 0 Å². The Bertz CT molecular complexity index is 3260. The third-order valence-electron chi connectivity index (χ3n) is 11.5. The molecule has 0 bridgehead atoms. The van der Waals surface area contributed by atoms with Crippen LogP contribution in [-0.4, -0.2) is 4.57 Å². The Morgan fingerprint density at radius 2 is 0.793 bits per heavy atom. The van der Waals surface area contributed by atoms with Crippen LogP contribution in [0.4, 0.5) is 17.1 Å². The largest absolute Gasteiger partial charge is 0.308 e. The number of hydrogen-bond acceptors (Lipinski definition) is 1. The second-order valence-electron chi connectivity index (χ2n) is 14.9. The molecule has 1 aromatic heterocycles. The third-order valence-corrected chi connectivity index (χ3v) is 11.5. The number of aromatic nitrogens is 1. The molecule has 0 saturated carbocycles. The summed E-state index contributed by atoms with van der Waals surface area (Å²) in [5, 5.41) is 7.46. The predicted molar refractivity (Wildman–Crippen MR) is 247 cm³/mol. The molecule has 58 heavy (non-hydrogen) atoms. The van der Waals surface area contributed by atoms with Crippen LogP contribution in [0, 0.1) is 0 Å². The van der Waals surface area contributed by atoms with Crippen LogP contribution in [0.15, 0.2) is 231 Å². The molecule has 0 radical (unpaired) electrons. The van der Waals surface area contributed by atoms with E-state index < -0.39 is 0 Å². The Morgan fingerprint density at radius 3 is 1.52 bits per heavy atom. The lowest BCUT2D eigenvalue weighted by atomic mass is 9.84. The van der Waals surface area contributed by atoms with Gasteiger partial charge in [0.15, 0.2) is 0 Å². The van der Waals surface area contributed by atoms with Crippen molar-refractivity contribution >= 4 is 60.4 Å². The van der Waals surface area contributed by atoms with Gasteiger partial charge in [-0.25, -0.2) is 0 Å². The maximum absolute atomic E-state index is 2.42. The van der Waals surface area contributed by atoms with Gasteiger partial charge in [-0.1, -0.05) is 176 Å². The summed E-state index contributed by atoms with van der Waals surface area (Å²) in [6.45, 7) is 0. The van der Waals surface area contributed by atoms with Crippen molar-refractivity contribution in [2.45, 2.75) is 0 Å². The Morgan fingerprint density at radius 1 is 0.293 bits per heavy atom. The molecule has 0 N–H and O–H groups in total. The fourth-order valence-corrected chi connectivity index (χ4v) is 9.04. The van der Waals surface area contributed by atoms with Crippen molar-refractivity contribution in [3.05, 3.63) is 231 Å². The normalized spacial score (nSPS) is 11.4. The van der Waals surface area contributed by atoms with E-state index in [1.165, 1.54) is 71.2 Å². The average molecular weight is 739 g/mol. The number of para-hydroxylation sites is 4. The van der Waals surface area contributed by atoms with Crippen LogP contribution in [0.1, 0.15) is 0 Å². The maximum atomic E-state index is 2.42. The highest BCUT2D eigenvalue weighted by atomic mass is 15.2. The smallest absolute Gasteiger partial charge is 0.0782 e. The van der Waals surface area contributed by atoms with Crippen LogP contribution >= 0.6 is 0 Å². The van der Waals surface area contributed by atoms with Crippen LogP contribution in [0.3, 0.4) is 0 Å². The summed E-state index contributed by atoms with van der Waals surface area (Å²) in [4.78, 5) is 2.42. The highest BCUT2D eigenvalue weighted by Crippen LogP contribution is 2.47. The first-order valence-corrected chi connectivity index (χ1v) is 19.9. The lowest BCUT2D eigenvalue weighted by Gasteiger charge is -2.27. The zero-order valence-electron chi connectivity index (χ0n) is 31.8. The van der Waals surface area contributed by atoms with Gasteiger partial charge in [0.25, 0.3) is 0 Å². The topological polar surface area (TPSA) is 8.17 Å². The molecule has 2 nitrogen and oxygen atoms in total. The first-order valence-electron chi connectivity index (χ1n) is 19.9. The van der Waals surface area contributed by atoms with Crippen molar-refractivity contribution in [2.75, 3.05) is 4.90 Å². The lowest BCUT2D eigenvalue weighted by Crippen LogP contribution is -2.11. The van der Waals surface area contributed by atoms with Crippen LogP contribution in [0.5, 0.6) is 0 Å². The fourth-order valence-electron chi connectivity index (χ4n) is 9.04. The lowest BCUT2D eigenvalue weighted by molar-refractivity contribution is 1.17. The maximum Gasteiger partial charge on any atom is 0.0782 e. The predicted octanol–water partition coefficient (Wildman–Crippen LogP) is 15.6. The number of rotatable bonds is 7. The van der Waals surface area contributed by atoms with E-state index >= 15 is 0 Å². The Hall–Kier alpha value is -7.68. The molecule has 0 spiro atoms. The minimum atomic E-state index is 1.09. The zero-order chi connectivity index (χ0) is 38.4. The molecule has 0 saturated heterocycles. The van der Waals surface area contributed by atoms with Gasteiger partial charge < -0.3 is 9.47 Å². The fraction of sp³-hybridized carbons (Fsp3) is 0. The molecular weight excluding hydrogens is 701 g/mol. The van der Waals surface area contributed by atoms with Crippen molar-refractivity contribution < 1.29 is 0 Å². The highest BCUT2D eigenvalue weighted by Gasteiger charge is 2.22. The third kappa shape index (κ3) is 5.57. The van der Waals surface area contributed by atoms with Crippen molar-refractivity contribution in [2.24, 2.45) is 0 Å². The van der Waals surface area contributed by atoms with E-state index in [0.717, 1.165) is 28.3 Å². The average Bonchev–Trinajstić information content (AvgIpc) is 3.65. The second kappa shape index (κ2) is 14.1. The van der Waals surface area contributed by atoms with Crippen molar-refractivity contribution in [1.82, 2.24) is 4.57 Å². The summed E-state index contributed by atoms with van der Waals surface area (Å²) < 4.78 is 2.42. The van der Waals surface area contributed by atoms with E-state index in [4.69, 9.17) is 0 Å². The van der Waals surface area contributed by atoms with Crippen LogP contribution in [0.25, 0.3) is 82.4 Å². The molecule has 0 atom stereocenters. The first kappa shape index (κ1) is 33.6. The van der Waals surface area contributed by atoms with E-state index in [0.29, 0.717) is 0 Å². The van der Waals surface area contributed by atoms with Crippen LogP contribution in [0.2, 0.25) is 0 Å². The number of hydrogen-bond donors (Lipinski definition) is 0. The van der Waals surface area contributed by atoms with Crippen molar-refractivity contribution in [3.63, 3.8) is 0 Å². The van der Waals surface area contributed by atoms with Gasteiger partial charge in [-0.15, -0.1) is 0 Å². The van der Waals surface area contributed by atoms with E-state index in [1.807, 2.05) is 0 Å². The summed E-state index contributed by atoms with van der Waals surface area (Å²) in [5.41, 5.74) is 14.1. The van der Waals surface area contributed by atoms with E-state index in [2.05, 4.69) is 240 Å². The molecule has 1 heterocycles. The summed E-state index contributed by atoms with van der Waals surface area (Å²) in [5.74, 6) is 0. The summed E-state index contributed by atoms with van der Waals surface area (Å²) in [7, 11) is 0. The molecule has 0 aliphatic heterocycles. The van der Waals surface area contributed by atoms with Crippen molar-refractivity contribution in [1.29, 1.82) is 0 Å². The molecule has 0 fully saturated rings. The summed E-state index contributed by atoms with van der Waals surface area (Å²) in [6.07, 6.45) is 0. The minimum absolute atomic E-state index is 1.09. The van der Waals surface area contributed by atoms with Gasteiger partial charge in [0.2, 0.25) is 0 Å². The molecule has 11 rings (SSSR count). The SMILES string of the molecule is c1ccc(-c2c(-c3ccccc3)c3cc(-c4cccc(N(c5ccccc5)c5cccc6c7ccccc7n(-c7ccccc7)c56)c4)ccc3c3ccccc23)cc1. The first-order chi connectivity index (χ1) is 28.8. The standard InChI is InChI=1S/C56H38N2/c1-5-19-39(20-6-1)54-49-31-14-13-29-46(49)47-36-35-42(38-51(47)55(54)40-21-7-2-8-22-40)41-23-17-28-45(37-41)57(43-24-9-3-10-25-43)53-34-18-32-50-48-30-15-16-33-52(48)58(56(50)53)44-26-11-4-12-27-44/h1-38H. The minimum Gasteiger partial charge on any atom is -0.308 e. The molecule has 0 unspecified atom stereocenters. The molecule has 0 aliphatic carbocycles. The molecule has 10 aromatic carbocycles. The van der Waals surface area contributed by atoms with Gasteiger partial charge in [0, 0.05) is 27.8 Å². The molecule has 11 aromatic rings. The molecule has 272 valence electrons. The van der Waals surface area contributed by atoms with Crippen molar-refractivity contribution in [3.8, 4) is 39.1 Å². The van der Waals surface area contributed by atoms with Gasteiger partial charge in [0.05, 0.1) is 16.7 Å². The zero-order valence-corrected chi connectivity index (χ0v) is 31.8. The van der Waals surface area contributed by atoms with Gasteiger partial charge >= 0.3 is 0 Å². The number of anilines is 3. The molecule has 0 amide bonds. The van der Waals surface area contributed by atoms with E-state index in [-0.39, 0.29) is 0 Å². The Kier molecular flexibility index (Phi) is 8.19. The van der Waals surface area contributed by atoms with E-state index in [1.54, 1.807) is 0 Å². The molecule has 2 heteroatoms. The summed E-state index contributed by atoms with van der Waals surface area (Å²) >= 11 is 0. The number of benzene rings is 10. The van der Waals surface area contributed by atoms with Gasteiger partial charge in [-0.3, -0.25) is 0 Å². The van der Waals surface area contributed by atoms with Crippen LogP contribution < -0.4 is 4.90 Å². The molecular formula is C56H38N2. The second-order valence-corrected chi connectivity index (χ2v) is 14.9. The quantitative estimate of drug-likeness (QED) is 0.148.